The monoisotopic (exact) mass is 397 g/mol. The van der Waals surface area contributed by atoms with Crippen molar-refractivity contribution in [2.75, 3.05) is 33.0 Å². The van der Waals surface area contributed by atoms with Crippen LogP contribution in [0.4, 0.5) is 0 Å². The van der Waals surface area contributed by atoms with E-state index >= 15 is 0 Å². The van der Waals surface area contributed by atoms with Gasteiger partial charge in [0.15, 0.2) is 18.1 Å². The average Bonchev–Trinajstić information content (AvgIpc) is 2.99. The van der Waals surface area contributed by atoms with Crippen molar-refractivity contribution in [1.82, 2.24) is 5.32 Å². The number of ether oxygens (including phenoxy) is 4. The van der Waals surface area contributed by atoms with Gasteiger partial charge in [0.2, 0.25) is 0 Å². The maximum absolute atomic E-state index is 11.8. The van der Waals surface area contributed by atoms with Crippen LogP contribution in [0.2, 0.25) is 0 Å². The van der Waals surface area contributed by atoms with Gasteiger partial charge in [-0.15, -0.1) is 0 Å². The molecular weight excluding hydrogens is 374 g/mol. The summed E-state index contributed by atoms with van der Waals surface area (Å²) in [4.78, 5) is 23.5. The van der Waals surface area contributed by atoms with Crippen LogP contribution >= 0.6 is 0 Å². The highest BCUT2D eigenvalue weighted by Crippen LogP contribution is 2.30. The van der Waals surface area contributed by atoms with Gasteiger partial charge in [0.25, 0.3) is 5.91 Å². The minimum Gasteiger partial charge on any atom is -0.492 e. The number of benzene rings is 2. The zero-order valence-corrected chi connectivity index (χ0v) is 16.0. The van der Waals surface area contributed by atoms with E-state index in [1.165, 1.54) is 6.08 Å². The number of para-hydroxylation sites is 1. The summed E-state index contributed by atoms with van der Waals surface area (Å²) in [5.74, 6) is 1.07. The summed E-state index contributed by atoms with van der Waals surface area (Å²) in [6.07, 6.45) is 3.69. The summed E-state index contributed by atoms with van der Waals surface area (Å²) >= 11 is 0. The minimum absolute atomic E-state index is 0.318. The third kappa shape index (κ3) is 6.88. The van der Waals surface area contributed by atoms with Gasteiger partial charge in [-0.25, -0.2) is 4.79 Å². The molecule has 0 saturated carbocycles. The molecule has 1 heterocycles. The molecule has 0 saturated heterocycles. The zero-order valence-electron chi connectivity index (χ0n) is 16.0. The maximum Gasteiger partial charge on any atom is 0.331 e. The van der Waals surface area contributed by atoms with Gasteiger partial charge in [0, 0.05) is 12.5 Å². The summed E-state index contributed by atoms with van der Waals surface area (Å²) in [6, 6.07) is 14.7. The van der Waals surface area contributed by atoms with Crippen molar-refractivity contribution in [1.29, 1.82) is 0 Å². The van der Waals surface area contributed by atoms with E-state index in [0.717, 1.165) is 17.7 Å². The van der Waals surface area contributed by atoms with E-state index in [0.29, 0.717) is 37.9 Å². The number of carbonyl (C=O) groups excluding carboxylic acids is 2. The topological polar surface area (TPSA) is 83.1 Å². The normalized spacial score (nSPS) is 12.8. The molecule has 7 nitrogen and oxygen atoms in total. The number of rotatable bonds is 8. The van der Waals surface area contributed by atoms with Crippen LogP contribution in [0, 0.1) is 0 Å². The van der Waals surface area contributed by atoms with Crippen molar-refractivity contribution in [2.24, 2.45) is 0 Å². The predicted octanol–water partition coefficient (Wildman–Crippen LogP) is 2.60. The first-order valence-electron chi connectivity index (χ1n) is 9.40. The van der Waals surface area contributed by atoms with E-state index in [-0.39, 0.29) is 12.5 Å². The Kier molecular flexibility index (Phi) is 7.51. The fourth-order valence-electron chi connectivity index (χ4n) is 2.56. The Hall–Kier alpha value is -3.48. The van der Waals surface area contributed by atoms with Gasteiger partial charge in [-0.05, 0) is 35.9 Å². The van der Waals surface area contributed by atoms with Crippen LogP contribution < -0.4 is 19.5 Å². The molecule has 1 aliphatic rings. The second-order valence-electron chi connectivity index (χ2n) is 6.21. The summed E-state index contributed by atoms with van der Waals surface area (Å²) in [5.41, 5.74) is 0.772. The molecule has 2 aromatic carbocycles. The molecule has 0 atom stereocenters. The summed E-state index contributed by atoms with van der Waals surface area (Å²) < 4.78 is 21.6. The van der Waals surface area contributed by atoms with E-state index in [1.54, 1.807) is 18.2 Å². The number of amides is 1. The predicted molar refractivity (Wildman–Crippen MR) is 107 cm³/mol. The molecule has 0 aromatic heterocycles. The summed E-state index contributed by atoms with van der Waals surface area (Å²) in [7, 11) is 0. The second-order valence-corrected chi connectivity index (χ2v) is 6.21. The molecule has 0 fully saturated rings. The second kappa shape index (κ2) is 10.8. The molecule has 1 aliphatic heterocycles. The lowest BCUT2D eigenvalue weighted by molar-refractivity contribution is -0.143. The quantitative estimate of drug-likeness (QED) is 0.419. The lowest BCUT2D eigenvalue weighted by Gasteiger charge is -2.08. The van der Waals surface area contributed by atoms with Crippen LogP contribution in [-0.4, -0.2) is 44.8 Å². The molecule has 1 amide bonds. The van der Waals surface area contributed by atoms with Gasteiger partial charge in [-0.1, -0.05) is 24.3 Å². The Labute approximate surface area is 169 Å². The molecular formula is C22H23NO6. The van der Waals surface area contributed by atoms with Crippen molar-refractivity contribution in [3.05, 3.63) is 60.2 Å². The van der Waals surface area contributed by atoms with E-state index < -0.39 is 5.97 Å². The van der Waals surface area contributed by atoms with E-state index in [1.807, 2.05) is 36.4 Å². The molecule has 7 heteroatoms. The first-order chi connectivity index (χ1) is 14.2. The zero-order chi connectivity index (χ0) is 20.3. The van der Waals surface area contributed by atoms with Crippen molar-refractivity contribution in [3.8, 4) is 17.2 Å². The Morgan fingerprint density at radius 3 is 2.66 bits per heavy atom. The maximum atomic E-state index is 11.8. The SMILES string of the molecule is O=C(COC(=O)/C=C/c1ccc2c(c1)OCCCO2)NCCOc1ccccc1. The fourth-order valence-corrected chi connectivity index (χ4v) is 2.56. The molecule has 3 rings (SSSR count). The number of hydrogen-bond donors (Lipinski definition) is 1. The molecule has 0 aliphatic carbocycles. The van der Waals surface area contributed by atoms with Gasteiger partial charge in [-0.2, -0.15) is 0 Å². The first kappa shape index (κ1) is 20.3. The molecule has 2 aromatic rings. The highest BCUT2D eigenvalue weighted by molar-refractivity contribution is 5.89. The molecule has 0 spiro atoms. The Balaban J connectivity index is 1.36. The molecule has 1 N–H and O–H groups in total. The van der Waals surface area contributed by atoms with E-state index in [2.05, 4.69) is 5.32 Å². The first-order valence-corrected chi connectivity index (χ1v) is 9.40. The lowest BCUT2D eigenvalue weighted by Crippen LogP contribution is -2.31. The van der Waals surface area contributed by atoms with Gasteiger partial charge < -0.3 is 24.3 Å². The third-order valence-electron chi connectivity index (χ3n) is 3.97. The standard InChI is InChI=1S/C22H23NO6/c24-21(23-11-14-26-18-5-2-1-3-6-18)16-29-22(25)10-8-17-7-9-19-20(15-17)28-13-4-12-27-19/h1-3,5-10,15H,4,11-14,16H2,(H,23,24)/b10-8+. The third-order valence-corrected chi connectivity index (χ3v) is 3.97. The largest absolute Gasteiger partial charge is 0.492 e. The average molecular weight is 397 g/mol. The highest BCUT2D eigenvalue weighted by atomic mass is 16.5. The molecule has 0 unspecified atom stereocenters. The smallest absolute Gasteiger partial charge is 0.331 e. The molecule has 152 valence electrons. The van der Waals surface area contributed by atoms with Crippen molar-refractivity contribution in [3.63, 3.8) is 0 Å². The molecule has 29 heavy (non-hydrogen) atoms. The number of carbonyl (C=O) groups is 2. The summed E-state index contributed by atoms with van der Waals surface area (Å²) in [5, 5.41) is 2.63. The van der Waals surface area contributed by atoms with Crippen molar-refractivity contribution >= 4 is 18.0 Å². The number of nitrogens with one attached hydrogen (secondary N) is 1. The van der Waals surface area contributed by atoms with Gasteiger partial charge in [0.1, 0.15) is 12.4 Å². The van der Waals surface area contributed by atoms with E-state index in [9.17, 15) is 9.59 Å². The van der Waals surface area contributed by atoms with Crippen LogP contribution in [0.1, 0.15) is 12.0 Å². The van der Waals surface area contributed by atoms with Gasteiger partial charge in [0.05, 0.1) is 19.8 Å². The van der Waals surface area contributed by atoms with Crippen LogP contribution in [0.25, 0.3) is 6.08 Å². The van der Waals surface area contributed by atoms with Crippen LogP contribution in [-0.2, 0) is 14.3 Å². The van der Waals surface area contributed by atoms with Gasteiger partial charge >= 0.3 is 5.97 Å². The molecule has 0 bridgehead atoms. The number of esters is 1. The highest BCUT2D eigenvalue weighted by Gasteiger charge is 2.10. The number of fused-ring (bicyclic) bond motifs is 1. The Bertz CT molecular complexity index is 850. The lowest BCUT2D eigenvalue weighted by atomic mass is 10.2. The van der Waals surface area contributed by atoms with E-state index in [4.69, 9.17) is 18.9 Å². The van der Waals surface area contributed by atoms with Crippen LogP contribution in [0.5, 0.6) is 17.2 Å². The summed E-state index contributed by atoms with van der Waals surface area (Å²) in [6.45, 7) is 1.50. The van der Waals surface area contributed by atoms with Crippen molar-refractivity contribution < 1.29 is 28.5 Å². The molecule has 0 radical (unpaired) electrons. The Morgan fingerprint density at radius 1 is 1.03 bits per heavy atom. The van der Waals surface area contributed by atoms with Crippen molar-refractivity contribution in [2.45, 2.75) is 6.42 Å². The Morgan fingerprint density at radius 2 is 1.83 bits per heavy atom. The number of hydrogen-bond acceptors (Lipinski definition) is 6. The van der Waals surface area contributed by atoms with Gasteiger partial charge in [-0.3, -0.25) is 4.79 Å². The van der Waals surface area contributed by atoms with Crippen LogP contribution in [0.15, 0.2) is 54.6 Å². The minimum atomic E-state index is -0.604. The fraction of sp³-hybridized carbons (Fsp3) is 0.273. The van der Waals surface area contributed by atoms with Crippen LogP contribution in [0.3, 0.4) is 0 Å².